The van der Waals surface area contributed by atoms with Crippen LogP contribution >= 0.6 is 0 Å². The number of nitrogens with one attached hydrogen (secondary N) is 1. The van der Waals surface area contributed by atoms with E-state index in [0.717, 1.165) is 31.7 Å². The fourth-order valence-corrected chi connectivity index (χ4v) is 1.67. The van der Waals surface area contributed by atoms with Gasteiger partial charge in [0.25, 0.3) is 0 Å². The molecule has 1 heterocycles. The zero-order chi connectivity index (χ0) is 11.3. The van der Waals surface area contributed by atoms with Crippen molar-refractivity contribution in [2.75, 3.05) is 6.54 Å². The van der Waals surface area contributed by atoms with E-state index in [1.165, 1.54) is 11.3 Å². The summed E-state index contributed by atoms with van der Waals surface area (Å²) in [6.45, 7) is 12.9. The number of aryl methyl sites for hydroxylation is 2. The Hall–Kier alpha value is -1.09. The molecule has 0 amide bonds. The summed E-state index contributed by atoms with van der Waals surface area (Å²) in [4.78, 5) is 0. The molecule has 1 aromatic heterocycles. The lowest BCUT2D eigenvalue weighted by molar-refractivity contribution is 0.600. The normalized spacial score (nSPS) is 10.6. The molecule has 0 aliphatic carbocycles. The van der Waals surface area contributed by atoms with Crippen LogP contribution in [0.2, 0.25) is 0 Å². The second kappa shape index (κ2) is 5.71. The number of hydrogen-bond acceptors (Lipinski definition) is 2. The van der Waals surface area contributed by atoms with Crippen LogP contribution in [-0.2, 0) is 13.1 Å². The minimum atomic E-state index is 0.919. The van der Waals surface area contributed by atoms with Gasteiger partial charge in [-0.15, -0.1) is 6.58 Å². The number of nitrogens with zero attached hydrogens (tertiary/aromatic N) is 2. The lowest BCUT2D eigenvalue weighted by Crippen LogP contribution is -2.13. The predicted molar refractivity (Wildman–Crippen MR) is 63.9 cm³/mol. The summed E-state index contributed by atoms with van der Waals surface area (Å²) >= 11 is 0. The Morgan fingerprint density at radius 1 is 1.47 bits per heavy atom. The van der Waals surface area contributed by atoms with Gasteiger partial charge in [-0.05, 0) is 26.8 Å². The van der Waals surface area contributed by atoms with E-state index in [1.54, 1.807) is 0 Å². The van der Waals surface area contributed by atoms with Gasteiger partial charge in [0.2, 0.25) is 0 Å². The van der Waals surface area contributed by atoms with Crippen molar-refractivity contribution in [3.05, 3.63) is 29.6 Å². The van der Waals surface area contributed by atoms with E-state index in [-0.39, 0.29) is 0 Å². The van der Waals surface area contributed by atoms with Crippen LogP contribution in [-0.4, -0.2) is 16.3 Å². The third kappa shape index (κ3) is 2.93. The summed E-state index contributed by atoms with van der Waals surface area (Å²) in [6.07, 6.45) is 2.91. The van der Waals surface area contributed by atoms with E-state index < -0.39 is 0 Å². The fourth-order valence-electron chi connectivity index (χ4n) is 1.67. The van der Waals surface area contributed by atoms with E-state index in [0.29, 0.717) is 0 Å². The van der Waals surface area contributed by atoms with Crippen molar-refractivity contribution in [3.63, 3.8) is 0 Å². The lowest BCUT2D eigenvalue weighted by atomic mass is 10.2. The molecule has 3 heteroatoms. The first-order valence-electron chi connectivity index (χ1n) is 5.55. The number of hydrogen-bond donors (Lipinski definition) is 1. The molecule has 0 spiro atoms. The van der Waals surface area contributed by atoms with Crippen LogP contribution in [0, 0.1) is 13.8 Å². The second-order valence-corrected chi connectivity index (χ2v) is 3.73. The van der Waals surface area contributed by atoms with Gasteiger partial charge in [0, 0.05) is 24.3 Å². The van der Waals surface area contributed by atoms with E-state index in [1.807, 2.05) is 6.08 Å². The number of rotatable bonds is 6. The number of allylic oxidation sites excluding steroid dienone is 1. The third-order valence-corrected chi connectivity index (χ3v) is 2.63. The van der Waals surface area contributed by atoms with Crippen molar-refractivity contribution in [1.82, 2.24) is 15.1 Å². The highest BCUT2D eigenvalue weighted by atomic mass is 15.3. The molecular formula is C12H21N3. The fraction of sp³-hybridized carbons (Fsp3) is 0.583. The van der Waals surface area contributed by atoms with Crippen LogP contribution in [0.1, 0.15) is 30.3 Å². The van der Waals surface area contributed by atoms with Gasteiger partial charge in [-0.1, -0.05) is 13.0 Å². The molecule has 0 aliphatic rings. The maximum atomic E-state index is 4.53. The standard InChI is InChI=1S/C12H21N3/c1-5-7-8-15-11(4)12(9-13-6-2)10(3)14-15/h5,13H,1,6-9H2,2-4H3. The Labute approximate surface area is 92.2 Å². The third-order valence-electron chi connectivity index (χ3n) is 2.63. The quantitative estimate of drug-likeness (QED) is 0.725. The first-order chi connectivity index (χ1) is 7.20. The molecule has 1 N–H and O–H groups in total. The molecule has 0 aromatic carbocycles. The zero-order valence-corrected chi connectivity index (χ0v) is 10.0. The predicted octanol–water partition coefficient (Wildman–Crippen LogP) is 2.19. The summed E-state index contributed by atoms with van der Waals surface area (Å²) in [7, 11) is 0. The molecule has 0 saturated heterocycles. The van der Waals surface area contributed by atoms with Gasteiger partial charge >= 0.3 is 0 Å². The van der Waals surface area contributed by atoms with Gasteiger partial charge in [-0.2, -0.15) is 5.10 Å². The van der Waals surface area contributed by atoms with E-state index in [4.69, 9.17) is 0 Å². The topological polar surface area (TPSA) is 29.9 Å². The summed E-state index contributed by atoms with van der Waals surface area (Å²) in [5, 5.41) is 7.87. The molecule has 1 rings (SSSR count). The van der Waals surface area contributed by atoms with Gasteiger partial charge in [0.05, 0.1) is 5.69 Å². The van der Waals surface area contributed by atoms with Gasteiger partial charge < -0.3 is 5.32 Å². The highest BCUT2D eigenvalue weighted by Gasteiger charge is 2.09. The van der Waals surface area contributed by atoms with Crippen LogP contribution in [0.4, 0.5) is 0 Å². The molecule has 1 aromatic rings. The minimum Gasteiger partial charge on any atom is -0.313 e. The minimum absolute atomic E-state index is 0.919. The molecule has 0 bridgehead atoms. The van der Waals surface area contributed by atoms with Crippen molar-refractivity contribution < 1.29 is 0 Å². The average Bonchev–Trinajstić information content (AvgIpc) is 2.49. The van der Waals surface area contributed by atoms with E-state index in [9.17, 15) is 0 Å². The van der Waals surface area contributed by atoms with Gasteiger partial charge in [0.1, 0.15) is 0 Å². The maximum absolute atomic E-state index is 4.53. The SMILES string of the molecule is C=CCCn1nc(C)c(CNCC)c1C. The summed E-state index contributed by atoms with van der Waals surface area (Å²) in [6, 6.07) is 0. The smallest absolute Gasteiger partial charge is 0.0641 e. The Bertz CT molecular complexity index is 326. The van der Waals surface area contributed by atoms with Crippen LogP contribution in [0.3, 0.4) is 0 Å². The molecule has 0 unspecified atom stereocenters. The molecule has 0 saturated carbocycles. The summed E-state index contributed by atoms with van der Waals surface area (Å²) in [5.74, 6) is 0. The summed E-state index contributed by atoms with van der Waals surface area (Å²) < 4.78 is 2.07. The van der Waals surface area contributed by atoms with Gasteiger partial charge in [0.15, 0.2) is 0 Å². The first kappa shape index (κ1) is 12.0. The average molecular weight is 207 g/mol. The zero-order valence-electron chi connectivity index (χ0n) is 10.0. The van der Waals surface area contributed by atoms with Crippen LogP contribution in [0.5, 0.6) is 0 Å². The molecule has 0 fully saturated rings. The van der Waals surface area contributed by atoms with Crippen molar-refractivity contribution in [2.24, 2.45) is 0 Å². The largest absolute Gasteiger partial charge is 0.313 e. The van der Waals surface area contributed by atoms with Gasteiger partial charge in [-0.25, -0.2) is 0 Å². The molecule has 15 heavy (non-hydrogen) atoms. The Morgan fingerprint density at radius 3 is 2.80 bits per heavy atom. The van der Waals surface area contributed by atoms with Crippen molar-refractivity contribution in [1.29, 1.82) is 0 Å². The van der Waals surface area contributed by atoms with Crippen molar-refractivity contribution >= 4 is 0 Å². The van der Waals surface area contributed by atoms with Crippen LogP contribution in [0.25, 0.3) is 0 Å². The van der Waals surface area contributed by atoms with Crippen molar-refractivity contribution in [3.8, 4) is 0 Å². The molecule has 0 atom stereocenters. The molecule has 0 radical (unpaired) electrons. The molecule has 0 aliphatic heterocycles. The maximum Gasteiger partial charge on any atom is 0.0641 e. The highest BCUT2D eigenvalue weighted by Crippen LogP contribution is 2.13. The highest BCUT2D eigenvalue weighted by molar-refractivity contribution is 5.24. The Balaban J connectivity index is 2.78. The molecule has 84 valence electrons. The monoisotopic (exact) mass is 207 g/mol. The first-order valence-corrected chi connectivity index (χ1v) is 5.55. The van der Waals surface area contributed by atoms with Crippen LogP contribution in [0.15, 0.2) is 12.7 Å². The molecular weight excluding hydrogens is 186 g/mol. The van der Waals surface area contributed by atoms with E-state index in [2.05, 4.69) is 42.4 Å². The second-order valence-electron chi connectivity index (χ2n) is 3.73. The molecule has 3 nitrogen and oxygen atoms in total. The van der Waals surface area contributed by atoms with Crippen molar-refractivity contribution in [2.45, 2.75) is 40.3 Å². The van der Waals surface area contributed by atoms with Gasteiger partial charge in [-0.3, -0.25) is 4.68 Å². The Morgan fingerprint density at radius 2 is 2.20 bits per heavy atom. The van der Waals surface area contributed by atoms with Crippen LogP contribution < -0.4 is 5.32 Å². The number of aromatic nitrogens is 2. The van der Waals surface area contributed by atoms with E-state index >= 15 is 0 Å². The summed E-state index contributed by atoms with van der Waals surface area (Å²) in [5.41, 5.74) is 3.74. The lowest BCUT2D eigenvalue weighted by Gasteiger charge is -2.04. The Kier molecular flexibility index (Phi) is 4.56.